The molecule has 63 heavy (non-hydrogen) atoms. The van der Waals surface area contributed by atoms with Gasteiger partial charge in [0.05, 0.1) is 11.3 Å². The quantitative estimate of drug-likeness (QED) is 0.175. The molecule has 7 heterocycles. The van der Waals surface area contributed by atoms with Crippen LogP contribution in [0.15, 0.2) is 139 Å². The maximum absolute atomic E-state index is 16.8. The van der Waals surface area contributed by atoms with Crippen molar-refractivity contribution in [2.24, 2.45) is 11.3 Å². The number of piperidine rings is 1. The van der Waals surface area contributed by atoms with Crippen molar-refractivity contribution in [2.75, 3.05) is 36.8 Å². The van der Waals surface area contributed by atoms with Gasteiger partial charge in [-0.05, 0) is 96.1 Å². The van der Waals surface area contributed by atoms with Crippen LogP contribution in [0.25, 0.3) is 27.6 Å². The number of hydrogen-bond acceptors (Lipinski definition) is 6. The highest BCUT2D eigenvalue weighted by molar-refractivity contribution is 6.17. The van der Waals surface area contributed by atoms with E-state index in [2.05, 4.69) is 69.0 Å². The average Bonchev–Trinajstić information content (AvgIpc) is 4.16. The van der Waals surface area contributed by atoms with E-state index in [0.29, 0.717) is 24.2 Å². The smallest absolute Gasteiger partial charge is 0.250 e. The van der Waals surface area contributed by atoms with E-state index >= 15 is 14.4 Å². The molecule has 0 aromatic heterocycles. The molecule has 0 aliphatic carbocycles. The molecule has 3 spiro atoms. The fourth-order valence-corrected chi connectivity index (χ4v) is 14.3. The van der Waals surface area contributed by atoms with E-state index in [4.69, 9.17) is 0 Å². The summed E-state index contributed by atoms with van der Waals surface area (Å²) in [7, 11) is 0. The number of carbonyl (C=O) groups excluding carboxylic acids is 4. The van der Waals surface area contributed by atoms with E-state index in [1.165, 1.54) is 0 Å². The maximum Gasteiger partial charge on any atom is 0.250 e. The molecule has 2 N–H and O–H groups in total. The van der Waals surface area contributed by atoms with Crippen LogP contribution >= 0.6 is 0 Å². The number of nitrogens with one attached hydrogen (secondary N) is 2. The van der Waals surface area contributed by atoms with Gasteiger partial charge < -0.3 is 15.5 Å². The molecule has 6 aromatic carbocycles. The van der Waals surface area contributed by atoms with Gasteiger partial charge in [-0.1, -0.05) is 121 Å². The van der Waals surface area contributed by atoms with Crippen molar-refractivity contribution in [3.05, 3.63) is 161 Å². The molecule has 3 amide bonds. The number of anilines is 2. The molecular formula is C54H47N5O4. The number of nitrogens with zero attached hydrogens (tertiary/aromatic N) is 3. The van der Waals surface area contributed by atoms with Crippen molar-refractivity contribution < 1.29 is 19.2 Å². The summed E-state index contributed by atoms with van der Waals surface area (Å²) in [5.74, 6) is -1.77. The third-order valence-electron chi connectivity index (χ3n) is 16.4. The lowest BCUT2D eigenvalue weighted by molar-refractivity contribution is -0.155. The molecule has 5 saturated heterocycles. The van der Waals surface area contributed by atoms with Crippen LogP contribution in [0.4, 0.5) is 11.4 Å². The van der Waals surface area contributed by atoms with Gasteiger partial charge >= 0.3 is 0 Å². The SMILES string of the molecule is O=C([C@H]1C[C@H]2CCCN2[C@]12C(=O)Nc1ccccc12)N1C/C(=C\c2cccc3ccccc23)C(=O)[C@@]2(C1)[C@H](c1cccc3ccccc13)[C@H]1CCCN1C21C(=O)Nc2ccccc21. The first kappa shape index (κ1) is 37.2. The van der Waals surface area contributed by atoms with Crippen LogP contribution in [0.2, 0.25) is 0 Å². The number of Topliss-reactive ketones (excluding diaryl/α,β-unsaturated/α-hetero) is 1. The summed E-state index contributed by atoms with van der Waals surface area (Å²) in [6, 6.07) is 44.6. The first-order valence-corrected chi connectivity index (χ1v) is 22.7. The van der Waals surface area contributed by atoms with Crippen molar-refractivity contribution in [2.45, 2.75) is 61.2 Å². The molecule has 7 aliphatic heterocycles. The van der Waals surface area contributed by atoms with Crippen LogP contribution in [-0.4, -0.2) is 76.5 Å². The summed E-state index contributed by atoms with van der Waals surface area (Å²) < 4.78 is 0. The maximum atomic E-state index is 16.8. The number of ketones is 1. The second-order valence-corrected chi connectivity index (χ2v) is 18.9. The number of fused-ring (bicyclic) bond motifs is 11. The van der Waals surface area contributed by atoms with Crippen molar-refractivity contribution >= 4 is 62.5 Å². The van der Waals surface area contributed by atoms with E-state index in [0.717, 1.165) is 81.7 Å². The predicted molar refractivity (Wildman–Crippen MR) is 244 cm³/mol. The minimum absolute atomic E-state index is 0.0285. The topological polar surface area (TPSA) is 102 Å². The molecule has 0 bridgehead atoms. The summed E-state index contributed by atoms with van der Waals surface area (Å²) in [5.41, 5.74) is 1.44. The van der Waals surface area contributed by atoms with Gasteiger partial charge in [0.25, 0.3) is 5.91 Å². The third-order valence-corrected chi connectivity index (χ3v) is 16.4. The first-order valence-electron chi connectivity index (χ1n) is 22.7. The largest absolute Gasteiger partial charge is 0.337 e. The standard InChI is InChI=1S/C54H47N5O4/c60-48-36(29-35-17-9-15-33-13-1-3-19-38(33)35)31-57(49(61)43-30-37-18-11-27-58(37)53(43)41-22-5-7-24-44(41)55-50(53)62)32-52(48)47(40-21-10-16-34-14-2-4-20-39(34)40)46-26-12-28-59(46)54(52)42-23-6-8-25-45(42)56-51(54)63/h1-10,13-17,19-25,29,37,43,46-47H,11-12,18,26-28,30-32H2,(H,55,62)(H,56,63)/b36-29+/t37-,43-,46-,47-,52-,53+,54?/m1/s1. The summed E-state index contributed by atoms with van der Waals surface area (Å²) in [6.07, 6.45) is 6.10. The summed E-state index contributed by atoms with van der Waals surface area (Å²) in [5, 5.41) is 10.7. The summed E-state index contributed by atoms with van der Waals surface area (Å²) in [6.45, 7) is 1.46. The minimum Gasteiger partial charge on any atom is -0.337 e. The zero-order chi connectivity index (χ0) is 42.2. The Balaban J connectivity index is 1.09. The number of amides is 3. The predicted octanol–water partition coefficient (Wildman–Crippen LogP) is 8.22. The van der Waals surface area contributed by atoms with Gasteiger partial charge in [-0.15, -0.1) is 0 Å². The van der Waals surface area contributed by atoms with Crippen LogP contribution in [0.3, 0.4) is 0 Å². The summed E-state index contributed by atoms with van der Waals surface area (Å²) >= 11 is 0. The highest BCUT2D eigenvalue weighted by Gasteiger charge is 2.79. The number of hydrogen-bond donors (Lipinski definition) is 2. The zero-order valence-corrected chi connectivity index (χ0v) is 34.9. The fourth-order valence-electron chi connectivity index (χ4n) is 14.3. The Kier molecular flexibility index (Phi) is 7.84. The molecule has 312 valence electrons. The van der Waals surface area contributed by atoms with Gasteiger partial charge in [0.15, 0.2) is 5.78 Å². The van der Waals surface area contributed by atoms with E-state index in [9.17, 15) is 4.79 Å². The molecule has 0 saturated carbocycles. The second kappa shape index (κ2) is 13.3. The van der Waals surface area contributed by atoms with Crippen LogP contribution < -0.4 is 10.6 Å². The van der Waals surface area contributed by atoms with Crippen LogP contribution in [0.5, 0.6) is 0 Å². The molecule has 7 aliphatic rings. The normalized spacial score (nSPS) is 31.4. The van der Waals surface area contributed by atoms with E-state index in [1.54, 1.807) is 0 Å². The highest BCUT2D eigenvalue weighted by atomic mass is 16.2. The van der Waals surface area contributed by atoms with Crippen LogP contribution in [-0.2, 0) is 30.3 Å². The number of benzene rings is 6. The molecule has 9 heteroatoms. The van der Waals surface area contributed by atoms with Crippen molar-refractivity contribution in [1.82, 2.24) is 14.7 Å². The molecule has 0 radical (unpaired) electrons. The third kappa shape index (κ3) is 4.63. The molecule has 9 nitrogen and oxygen atoms in total. The highest BCUT2D eigenvalue weighted by Crippen LogP contribution is 2.69. The molecule has 7 atom stereocenters. The number of carbonyl (C=O) groups is 4. The molecule has 6 aromatic rings. The van der Waals surface area contributed by atoms with Crippen LogP contribution in [0, 0.1) is 11.3 Å². The van der Waals surface area contributed by atoms with Gasteiger partial charge in [0.1, 0.15) is 11.1 Å². The number of para-hydroxylation sites is 2. The monoisotopic (exact) mass is 829 g/mol. The second-order valence-electron chi connectivity index (χ2n) is 18.9. The zero-order valence-electron chi connectivity index (χ0n) is 34.9. The van der Waals surface area contributed by atoms with E-state index < -0.39 is 28.3 Å². The van der Waals surface area contributed by atoms with Gasteiger partial charge in [-0.2, -0.15) is 0 Å². The van der Waals surface area contributed by atoms with Gasteiger partial charge in [-0.3, -0.25) is 29.0 Å². The van der Waals surface area contributed by atoms with Gasteiger partial charge in [0, 0.05) is 59.2 Å². The fraction of sp³-hybridized carbons (Fsp3) is 0.296. The molecule has 5 fully saturated rings. The Labute approximate surface area is 365 Å². The molecule has 13 rings (SSSR count). The lowest BCUT2D eigenvalue weighted by Gasteiger charge is -2.52. The minimum atomic E-state index is -1.46. The van der Waals surface area contributed by atoms with Crippen LogP contribution in [0.1, 0.15) is 60.3 Å². The Morgan fingerprint density at radius 2 is 1.29 bits per heavy atom. The Bertz CT molecular complexity index is 3020. The van der Waals surface area contributed by atoms with Gasteiger partial charge in [-0.25, -0.2) is 0 Å². The van der Waals surface area contributed by atoms with E-state index in [-0.39, 0.29) is 48.7 Å². The lowest BCUT2D eigenvalue weighted by atomic mass is 9.54. The molecular weight excluding hydrogens is 783 g/mol. The average molecular weight is 830 g/mol. The Morgan fingerprint density at radius 1 is 0.651 bits per heavy atom. The van der Waals surface area contributed by atoms with Crippen molar-refractivity contribution in [3.63, 3.8) is 0 Å². The molecule has 1 unspecified atom stereocenters. The Morgan fingerprint density at radius 3 is 2.11 bits per heavy atom. The number of rotatable bonds is 3. The van der Waals surface area contributed by atoms with Crippen molar-refractivity contribution in [1.29, 1.82) is 0 Å². The van der Waals surface area contributed by atoms with E-state index in [1.807, 2.05) is 95.9 Å². The summed E-state index contributed by atoms with van der Waals surface area (Å²) in [4.78, 5) is 70.1. The first-order chi connectivity index (χ1) is 30.9. The van der Waals surface area contributed by atoms with Gasteiger partial charge in [0.2, 0.25) is 11.8 Å². The number of likely N-dealkylation sites (tertiary alicyclic amines) is 1. The Hall–Kier alpha value is -6.42. The van der Waals surface area contributed by atoms with Crippen molar-refractivity contribution in [3.8, 4) is 0 Å². The lowest BCUT2D eigenvalue weighted by Crippen LogP contribution is -2.67.